The Morgan fingerprint density at radius 1 is 1.06 bits per heavy atom. The molecule has 4 aromatic rings. The zero-order valence-corrected chi connectivity index (χ0v) is 20.6. The van der Waals surface area contributed by atoms with Crippen LogP contribution in [0.4, 0.5) is 17.6 Å². The van der Waals surface area contributed by atoms with Gasteiger partial charge in [0.15, 0.2) is 5.82 Å². The molecule has 1 saturated heterocycles. The summed E-state index contributed by atoms with van der Waals surface area (Å²) in [5, 5.41) is 12.2. The zero-order chi connectivity index (χ0) is 23.8. The number of aryl methyl sites for hydroxylation is 1. The first-order valence-electron chi connectivity index (χ1n) is 11.5. The molecule has 0 bridgehead atoms. The van der Waals surface area contributed by atoms with Crippen LogP contribution in [0.15, 0.2) is 30.3 Å². The number of rotatable bonds is 6. The number of hydrogen-bond acceptors (Lipinski definition) is 7. The van der Waals surface area contributed by atoms with Gasteiger partial charge < -0.3 is 24.8 Å². The number of halogens is 1. The summed E-state index contributed by atoms with van der Waals surface area (Å²) < 4.78 is 6.20. The summed E-state index contributed by atoms with van der Waals surface area (Å²) in [5.74, 6) is 3.23. The van der Waals surface area contributed by atoms with E-state index in [9.17, 15) is 0 Å². The van der Waals surface area contributed by atoms with Crippen LogP contribution in [0.1, 0.15) is 31.2 Å². The van der Waals surface area contributed by atoms with Crippen molar-refractivity contribution in [2.24, 2.45) is 0 Å². The first-order chi connectivity index (χ1) is 16.4. The lowest BCUT2D eigenvalue weighted by atomic mass is 10.1. The molecule has 5 rings (SSSR count). The van der Waals surface area contributed by atoms with Crippen molar-refractivity contribution < 1.29 is 4.74 Å². The van der Waals surface area contributed by atoms with E-state index < -0.39 is 0 Å². The number of hydrogen-bond donors (Lipinski definition) is 3. The second-order valence-electron chi connectivity index (χ2n) is 9.06. The van der Waals surface area contributed by atoms with E-state index in [0.29, 0.717) is 40.2 Å². The van der Waals surface area contributed by atoms with Crippen molar-refractivity contribution >= 4 is 40.1 Å². The van der Waals surface area contributed by atoms with Crippen molar-refractivity contribution in [1.82, 2.24) is 30.0 Å². The van der Waals surface area contributed by atoms with Crippen molar-refractivity contribution in [2.75, 3.05) is 43.4 Å². The van der Waals surface area contributed by atoms with Crippen LogP contribution in [-0.4, -0.2) is 63.3 Å². The minimum atomic E-state index is 0.349. The highest BCUT2D eigenvalue weighted by Gasteiger charge is 2.20. The van der Waals surface area contributed by atoms with Gasteiger partial charge in [-0.15, -0.1) is 0 Å². The molecule has 34 heavy (non-hydrogen) atoms. The van der Waals surface area contributed by atoms with Gasteiger partial charge in [0.25, 0.3) is 0 Å². The Hall–Kier alpha value is -3.30. The van der Waals surface area contributed by atoms with Gasteiger partial charge >= 0.3 is 0 Å². The average Bonchev–Trinajstić information content (AvgIpc) is 3.43. The molecule has 0 unspecified atom stereocenters. The van der Waals surface area contributed by atoms with E-state index in [1.807, 2.05) is 31.2 Å². The lowest BCUT2D eigenvalue weighted by molar-refractivity contribution is 0.310. The van der Waals surface area contributed by atoms with Gasteiger partial charge in [0.1, 0.15) is 11.6 Å². The largest absolute Gasteiger partial charge is 0.437 e. The molecule has 0 saturated carbocycles. The third-order valence-corrected chi connectivity index (χ3v) is 6.39. The Kier molecular flexibility index (Phi) is 6.05. The molecular weight excluding hydrogens is 452 g/mol. The van der Waals surface area contributed by atoms with Gasteiger partial charge in [-0.3, -0.25) is 5.10 Å². The molecule has 0 atom stereocenters. The number of nitrogens with one attached hydrogen (secondary N) is 3. The number of aromatic amines is 2. The first-order valence-corrected chi connectivity index (χ1v) is 11.8. The second-order valence-corrected chi connectivity index (χ2v) is 9.44. The number of benzene rings is 1. The maximum absolute atomic E-state index is 6.68. The number of anilines is 3. The van der Waals surface area contributed by atoms with E-state index in [1.165, 1.54) is 0 Å². The van der Waals surface area contributed by atoms with Gasteiger partial charge in [-0.2, -0.15) is 15.1 Å². The van der Waals surface area contributed by atoms with Crippen LogP contribution in [0.3, 0.4) is 0 Å². The molecule has 1 aliphatic heterocycles. The van der Waals surface area contributed by atoms with Crippen molar-refractivity contribution in [2.45, 2.75) is 26.7 Å². The molecule has 4 heterocycles. The molecule has 1 fully saturated rings. The lowest BCUT2D eigenvalue weighted by Gasteiger charge is -2.32. The third-order valence-electron chi connectivity index (χ3n) is 6.00. The number of aromatic nitrogens is 5. The van der Waals surface area contributed by atoms with E-state index in [1.54, 1.807) is 6.07 Å². The first kappa shape index (κ1) is 22.5. The van der Waals surface area contributed by atoms with Gasteiger partial charge in [-0.05, 0) is 38.1 Å². The molecule has 9 nitrogen and oxygen atoms in total. The van der Waals surface area contributed by atoms with Crippen molar-refractivity contribution in [3.63, 3.8) is 0 Å². The van der Waals surface area contributed by atoms with Crippen molar-refractivity contribution in [3.05, 3.63) is 46.7 Å². The van der Waals surface area contributed by atoms with Crippen LogP contribution >= 0.6 is 11.6 Å². The Morgan fingerprint density at radius 3 is 2.59 bits per heavy atom. The molecule has 0 spiro atoms. The van der Waals surface area contributed by atoms with E-state index in [0.717, 1.165) is 48.5 Å². The summed E-state index contributed by atoms with van der Waals surface area (Å²) in [6.45, 7) is 9.82. The predicted molar refractivity (Wildman–Crippen MR) is 136 cm³/mol. The highest BCUT2D eigenvalue weighted by atomic mass is 35.5. The Balaban J connectivity index is 1.48. The Labute approximate surface area is 203 Å². The fourth-order valence-electron chi connectivity index (χ4n) is 3.98. The molecule has 3 aromatic heterocycles. The Morgan fingerprint density at radius 2 is 1.85 bits per heavy atom. The number of likely N-dealkylation sites (N-methyl/N-ethyl adjacent to an activating group) is 1. The van der Waals surface area contributed by atoms with E-state index >= 15 is 0 Å². The maximum atomic E-state index is 6.68. The smallest absolute Gasteiger partial charge is 0.230 e. The highest BCUT2D eigenvalue weighted by Crippen LogP contribution is 2.36. The maximum Gasteiger partial charge on any atom is 0.230 e. The molecular formula is C24H29ClN8O. The fourth-order valence-corrected chi connectivity index (χ4v) is 4.24. The lowest BCUT2D eigenvalue weighted by Crippen LogP contribution is -2.45. The summed E-state index contributed by atoms with van der Waals surface area (Å²) in [4.78, 5) is 17.2. The SMILES string of the molecule is Cc1cc2c(Cl)c(Oc3cc(Nc4cc(C(C)C)[nH]n4)nc(N4CCN(C)CC4)n3)ccc2[nH]1. The van der Waals surface area contributed by atoms with Crippen LogP contribution in [-0.2, 0) is 0 Å². The van der Waals surface area contributed by atoms with E-state index in [2.05, 4.69) is 51.2 Å². The normalized spacial score (nSPS) is 14.8. The quantitative estimate of drug-likeness (QED) is 0.355. The monoisotopic (exact) mass is 480 g/mol. The van der Waals surface area contributed by atoms with Gasteiger partial charge in [-0.1, -0.05) is 25.4 Å². The number of piperazine rings is 1. The topological polar surface area (TPSA) is 98.0 Å². The Bertz CT molecular complexity index is 1310. The number of nitrogens with zero attached hydrogens (tertiary/aromatic N) is 5. The number of H-pyrrole nitrogens is 2. The molecule has 1 aliphatic rings. The molecule has 178 valence electrons. The van der Waals surface area contributed by atoms with Gasteiger partial charge in [-0.25, -0.2) is 0 Å². The summed E-state index contributed by atoms with van der Waals surface area (Å²) in [6, 6.07) is 9.58. The average molecular weight is 481 g/mol. The number of ether oxygens (including phenoxy) is 1. The molecule has 1 aromatic carbocycles. The van der Waals surface area contributed by atoms with Crippen molar-refractivity contribution in [1.29, 1.82) is 0 Å². The predicted octanol–water partition coefficient (Wildman–Crippen LogP) is 5.05. The summed E-state index contributed by atoms with van der Waals surface area (Å²) in [7, 11) is 2.12. The van der Waals surface area contributed by atoms with Crippen LogP contribution in [0.5, 0.6) is 11.6 Å². The fraction of sp³-hybridized carbons (Fsp3) is 0.375. The third kappa shape index (κ3) is 4.67. The molecule has 0 amide bonds. The summed E-state index contributed by atoms with van der Waals surface area (Å²) in [6.07, 6.45) is 0. The van der Waals surface area contributed by atoms with Gasteiger partial charge in [0.05, 0.1) is 5.02 Å². The molecule has 3 N–H and O–H groups in total. The van der Waals surface area contributed by atoms with Crippen LogP contribution in [0.25, 0.3) is 10.9 Å². The second kappa shape index (κ2) is 9.15. The van der Waals surface area contributed by atoms with Gasteiger partial charge in [0.2, 0.25) is 11.8 Å². The van der Waals surface area contributed by atoms with E-state index in [-0.39, 0.29) is 0 Å². The summed E-state index contributed by atoms with van der Waals surface area (Å²) in [5.41, 5.74) is 3.06. The van der Waals surface area contributed by atoms with E-state index in [4.69, 9.17) is 26.3 Å². The van der Waals surface area contributed by atoms with Crippen molar-refractivity contribution in [3.8, 4) is 11.6 Å². The van der Waals surface area contributed by atoms with Crippen LogP contribution < -0.4 is 15.0 Å². The molecule has 0 radical (unpaired) electrons. The number of fused-ring (bicyclic) bond motifs is 1. The minimum absolute atomic E-state index is 0.349. The van der Waals surface area contributed by atoms with Crippen LogP contribution in [0.2, 0.25) is 5.02 Å². The van der Waals surface area contributed by atoms with Gasteiger partial charge in [0, 0.05) is 60.6 Å². The summed E-state index contributed by atoms with van der Waals surface area (Å²) >= 11 is 6.68. The van der Waals surface area contributed by atoms with Crippen LogP contribution in [0, 0.1) is 6.92 Å². The zero-order valence-electron chi connectivity index (χ0n) is 19.8. The standard InChI is InChI=1S/C24H29ClN8O/c1-14(2)18-12-21(31-30-18)27-20-13-22(29-24(28-20)33-9-7-32(4)8-10-33)34-19-6-5-17-16(23(19)25)11-15(3)26-17/h5-6,11-14,26H,7-10H2,1-4H3,(H2,27,28,29,30,31). The molecule has 10 heteroatoms. The minimum Gasteiger partial charge on any atom is -0.437 e. The highest BCUT2D eigenvalue weighted by molar-refractivity contribution is 6.37. The molecule has 0 aliphatic carbocycles.